The average molecular weight is 291 g/mol. The van der Waals surface area contributed by atoms with E-state index in [1.54, 1.807) is 0 Å². The molecular formula is C15H19N2O4+. The lowest BCUT2D eigenvalue weighted by molar-refractivity contribution is -0.938. The van der Waals surface area contributed by atoms with Crippen LogP contribution in [0.1, 0.15) is 23.2 Å². The van der Waals surface area contributed by atoms with E-state index in [0.29, 0.717) is 29.1 Å². The number of fused-ring (bicyclic) bond motifs is 3. The maximum atomic E-state index is 12.4. The highest BCUT2D eigenvalue weighted by Crippen LogP contribution is 2.34. The van der Waals surface area contributed by atoms with Crippen LogP contribution in [0.2, 0.25) is 0 Å². The summed E-state index contributed by atoms with van der Waals surface area (Å²) in [5, 5.41) is 20.7. The second kappa shape index (κ2) is 5.20. The highest BCUT2D eigenvalue weighted by Gasteiger charge is 2.46. The van der Waals surface area contributed by atoms with Gasteiger partial charge in [0.2, 0.25) is 5.78 Å². The smallest absolute Gasteiger partial charge is 0.269 e. The Morgan fingerprint density at radius 1 is 1.29 bits per heavy atom. The summed E-state index contributed by atoms with van der Waals surface area (Å²) in [6.07, 6.45) is 1.67. The Kier molecular flexibility index (Phi) is 3.51. The molecule has 3 fully saturated rings. The Labute approximate surface area is 122 Å². The molecular weight excluding hydrogens is 272 g/mol. The van der Waals surface area contributed by atoms with Crippen molar-refractivity contribution in [2.45, 2.75) is 18.9 Å². The fraction of sp³-hybridized carbons (Fsp3) is 0.533. The van der Waals surface area contributed by atoms with Crippen LogP contribution in [-0.4, -0.2) is 52.6 Å². The topological polar surface area (TPSA) is 80.4 Å². The van der Waals surface area contributed by atoms with Crippen molar-refractivity contribution in [1.29, 1.82) is 0 Å². The van der Waals surface area contributed by atoms with E-state index in [0.717, 1.165) is 25.9 Å². The number of nitro benzene ring substituents is 1. The van der Waals surface area contributed by atoms with Gasteiger partial charge in [0.25, 0.3) is 5.69 Å². The Morgan fingerprint density at radius 3 is 2.43 bits per heavy atom. The molecule has 6 nitrogen and oxygen atoms in total. The van der Waals surface area contributed by atoms with Crippen molar-refractivity contribution in [3.05, 3.63) is 39.9 Å². The number of carbonyl (C=O) groups is 1. The predicted molar refractivity (Wildman–Crippen MR) is 75.9 cm³/mol. The van der Waals surface area contributed by atoms with E-state index in [-0.39, 0.29) is 17.6 Å². The zero-order chi connectivity index (χ0) is 15.0. The number of nitrogens with zero attached hydrogens (tertiary/aromatic N) is 2. The van der Waals surface area contributed by atoms with Crippen LogP contribution < -0.4 is 0 Å². The maximum Gasteiger partial charge on any atom is 0.269 e. The molecule has 4 rings (SSSR count). The number of rotatable bonds is 4. The third kappa shape index (κ3) is 2.69. The molecule has 3 saturated heterocycles. The molecule has 0 aliphatic carbocycles. The Hall–Kier alpha value is -1.79. The standard InChI is InChI=1S/C15H19N2O4/c18-14(11-1-3-13(4-2-11)16(20)21)9-17-7-5-12(6-8-17)15(19)10-17/h1-4,12,15,19H,5-10H2/q+1/t12?,15-,17?/m1/s1. The van der Waals surface area contributed by atoms with Crippen LogP contribution in [-0.2, 0) is 0 Å². The summed E-state index contributed by atoms with van der Waals surface area (Å²) < 4.78 is 0.660. The molecule has 21 heavy (non-hydrogen) atoms. The number of aliphatic hydroxyl groups is 1. The molecule has 3 aliphatic heterocycles. The van der Waals surface area contributed by atoms with Crippen LogP contribution in [0.15, 0.2) is 24.3 Å². The van der Waals surface area contributed by atoms with Crippen LogP contribution in [0.3, 0.4) is 0 Å². The number of hydrogen-bond acceptors (Lipinski definition) is 4. The van der Waals surface area contributed by atoms with Crippen LogP contribution in [0.5, 0.6) is 0 Å². The van der Waals surface area contributed by atoms with Crippen molar-refractivity contribution in [3.63, 3.8) is 0 Å². The molecule has 6 heteroatoms. The zero-order valence-electron chi connectivity index (χ0n) is 11.8. The third-order valence-corrected chi connectivity index (χ3v) is 4.95. The first kappa shape index (κ1) is 14.2. The van der Waals surface area contributed by atoms with E-state index >= 15 is 0 Å². The molecule has 0 spiro atoms. The number of nitro groups is 1. The predicted octanol–water partition coefficient (Wildman–Crippen LogP) is 1.38. The SMILES string of the molecule is O=C(C[N+]12CCC(CC1)[C@H](O)C2)c1ccc([N+](=O)[O-])cc1. The van der Waals surface area contributed by atoms with Crippen molar-refractivity contribution in [3.8, 4) is 0 Å². The molecule has 3 aliphatic rings. The fourth-order valence-electron chi connectivity index (χ4n) is 3.64. The molecule has 0 saturated carbocycles. The first-order valence-corrected chi connectivity index (χ1v) is 7.30. The Bertz CT molecular complexity index is 562. The Morgan fingerprint density at radius 2 is 1.90 bits per heavy atom. The van der Waals surface area contributed by atoms with Gasteiger partial charge in [-0.25, -0.2) is 0 Å². The number of aliphatic hydroxyl groups excluding tert-OH is 1. The number of carbonyl (C=O) groups excluding carboxylic acids is 1. The van der Waals surface area contributed by atoms with E-state index in [1.807, 2.05) is 0 Å². The highest BCUT2D eigenvalue weighted by atomic mass is 16.6. The lowest BCUT2D eigenvalue weighted by Gasteiger charge is -2.50. The summed E-state index contributed by atoms with van der Waals surface area (Å²) in [6, 6.07) is 5.77. The number of ketones is 1. The van der Waals surface area contributed by atoms with Gasteiger partial charge in [-0.05, 0) is 12.1 Å². The molecule has 112 valence electrons. The molecule has 0 amide bonds. The van der Waals surface area contributed by atoms with Crippen LogP contribution in [0.4, 0.5) is 5.69 Å². The largest absolute Gasteiger partial charge is 0.387 e. The van der Waals surface area contributed by atoms with Crippen LogP contribution in [0, 0.1) is 16.0 Å². The average Bonchev–Trinajstić information content (AvgIpc) is 2.47. The van der Waals surface area contributed by atoms with Gasteiger partial charge in [-0.15, -0.1) is 0 Å². The first-order valence-electron chi connectivity index (χ1n) is 7.30. The summed E-state index contributed by atoms with van der Waals surface area (Å²) in [6.45, 7) is 2.92. The van der Waals surface area contributed by atoms with Crippen molar-refractivity contribution in [2.75, 3.05) is 26.2 Å². The molecule has 1 N–H and O–H groups in total. The van der Waals surface area contributed by atoms with Gasteiger partial charge in [-0.3, -0.25) is 14.9 Å². The molecule has 1 atom stereocenters. The van der Waals surface area contributed by atoms with E-state index in [9.17, 15) is 20.0 Å². The van der Waals surface area contributed by atoms with Crippen molar-refractivity contribution in [2.24, 2.45) is 5.92 Å². The minimum Gasteiger partial charge on any atom is -0.387 e. The summed E-state index contributed by atoms with van der Waals surface area (Å²) in [4.78, 5) is 22.6. The molecule has 2 bridgehead atoms. The van der Waals surface area contributed by atoms with Gasteiger partial charge < -0.3 is 9.59 Å². The van der Waals surface area contributed by atoms with Gasteiger partial charge in [0.1, 0.15) is 19.2 Å². The Balaban J connectivity index is 1.72. The van der Waals surface area contributed by atoms with Gasteiger partial charge >= 0.3 is 0 Å². The fourth-order valence-corrected chi connectivity index (χ4v) is 3.64. The third-order valence-electron chi connectivity index (χ3n) is 4.95. The second-order valence-electron chi connectivity index (χ2n) is 6.26. The summed E-state index contributed by atoms with van der Waals surface area (Å²) in [5.41, 5.74) is 0.503. The van der Waals surface area contributed by atoms with E-state index < -0.39 is 4.92 Å². The summed E-state index contributed by atoms with van der Waals surface area (Å²) in [5.74, 6) is 0.400. The van der Waals surface area contributed by atoms with Gasteiger partial charge in [0.15, 0.2) is 0 Å². The van der Waals surface area contributed by atoms with Crippen molar-refractivity contribution >= 4 is 11.5 Å². The lowest BCUT2D eigenvalue weighted by Crippen LogP contribution is -2.65. The van der Waals surface area contributed by atoms with E-state index in [4.69, 9.17) is 0 Å². The lowest BCUT2D eigenvalue weighted by atomic mass is 9.83. The number of non-ortho nitro benzene ring substituents is 1. The minimum atomic E-state index is -0.470. The summed E-state index contributed by atoms with van der Waals surface area (Å²) >= 11 is 0. The van der Waals surface area contributed by atoms with Gasteiger partial charge in [-0.2, -0.15) is 0 Å². The van der Waals surface area contributed by atoms with Crippen LogP contribution in [0.25, 0.3) is 0 Å². The number of benzene rings is 1. The molecule has 0 aromatic heterocycles. The zero-order valence-corrected chi connectivity index (χ0v) is 11.8. The minimum absolute atomic E-state index is 0.00236. The monoisotopic (exact) mass is 291 g/mol. The first-order chi connectivity index (χ1) is 9.99. The van der Waals surface area contributed by atoms with E-state index in [2.05, 4.69) is 0 Å². The molecule has 3 heterocycles. The van der Waals surface area contributed by atoms with Crippen molar-refractivity contribution in [1.82, 2.24) is 0 Å². The molecule has 1 aromatic carbocycles. The maximum absolute atomic E-state index is 12.4. The number of quaternary nitrogens is 1. The molecule has 0 radical (unpaired) electrons. The number of Topliss-reactive ketones (excluding diaryl/α,β-unsaturated/α-hetero) is 1. The van der Waals surface area contributed by atoms with Gasteiger partial charge in [0, 0.05) is 36.5 Å². The number of piperidine rings is 3. The highest BCUT2D eigenvalue weighted by molar-refractivity contribution is 5.97. The summed E-state index contributed by atoms with van der Waals surface area (Å²) in [7, 11) is 0. The molecule has 0 unspecified atom stereocenters. The van der Waals surface area contributed by atoms with Crippen LogP contribution >= 0.6 is 0 Å². The second-order valence-corrected chi connectivity index (χ2v) is 6.26. The van der Waals surface area contributed by atoms with Gasteiger partial charge in [-0.1, -0.05) is 0 Å². The van der Waals surface area contributed by atoms with E-state index in [1.165, 1.54) is 24.3 Å². The number of hydrogen-bond donors (Lipinski definition) is 1. The quantitative estimate of drug-likeness (QED) is 0.393. The van der Waals surface area contributed by atoms with Gasteiger partial charge in [0.05, 0.1) is 18.0 Å². The molecule has 1 aromatic rings. The van der Waals surface area contributed by atoms with Crippen molar-refractivity contribution < 1.29 is 19.3 Å². The normalized spacial score (nSPS) is 31.1.